The molecule has 1 aromatic carbocycles. The van der Waals surface area contributed by atoms with Gasteiger partial charge in [-0.15, -0.1) is 0 Å². The van der Waals surface area contributed by atoms with Gasteiger partial charge >= 0.3 is 0 Å². The quantitative estimate of drug-likeness (QED) is 0.788. The van der Waals surface area contributed by atoms with Crippen LogP contribution in [0.3, 0.4) is 0 Å². The van der Waals surface area contributed by atoms with Crippen molar-refractivity contribution in [1.29, 1.82) is 0 Å². The number of benzene rings is 1. The summed E-state index contributed by atoms with van der Waals surface area (Å²) in [6.07, 6.45) is 0. The summed E-state index contributed by atoms with van der Waals surface area (Å²) < 4.78 is 0. The summed E-state index contributed by atoms with van der Waals surface area (Å²) in [5.41, 5.74) is 5.67. The normalized spacial score (nSPS) is 13.0. The first-order valence-corrected chi connectivity index (χ1v) is 7.38. The Kier molecular flexibility index (Phi) is 6.53. The van der Waals surface area contributed by atoms with Crippen LogP contribution in [0.5, 0.6) is 0 Å². The first kappa shape index (κ1) is 16.2. The zero-order valence-corrected chi connectivity index (χ0v) is 13.4. The molecule has 2 heteroatoms. The number of rotatable bonds is 7. The third-order valence-corrected chi connectivity index (χ3v) is 4.30. The minimum absolute atomic E-state index is 0.692. The van der Waals surface area contributed by atoms with Crippen LogP contribution in [0, 0.1) is 32.6 Å². The molecule has 0 amide bonds. The lowest BCUT2D eigenvalue weighted by molar-refractivity contribution is 0.352. The average Bonchev–Trinajstić information content (AvgIpc) is 2.37. The highest BCUT2D eigenvalue weighted by molar-refractivity contribution is 5.38. The molecule has 0 bridgehead atoms. The smallest absolute Gasteiger partial charge is 0.0208 e. The Morgan fingerprint density at radius 2 is 1.68 bits per heavy atom. The van der Waals surface area contributed by atoms with Gasteiger partial charge in [-0.2, -0.15) is 0 Å². The molecule has 19 heavy (non-hydrogen) atoms. The second-order valence-electron chi connectivity index (χ2n) is 5.98. The molecule has 0 aliphatic carbocycles. The molecule has 0 saturated heterocycles. The fourth-order valence-electron chi connectivity index (χ4n) is 2.40. The summed E-state index contributed by atoms with van der Waals surface area (Å²) in [5.74, 6) is 1.40. The van der Waals surface area contributed by atoms with Gasteiger partial charge in [0.1, 0.15) is 0 Å². The van der Waals surface area contributed by atoms with Gasteiger partial charge in [0, 0.05) is 6.54 Å². The van der Waals surface area contributed by atoms with E-state index in [0.29, 0.717) is 11.8 Å². The van der Waals surface area contributed by atoms with Gasteiger partial charge in [0.15, 0.2) is 0 Å². The summed E-state index contributed by atoms with van der Waals surface area (Å²) in [5, 5.41) is 6.90. The molecule has 0 aliphatic rings. The molecule has 1 atom stereocenters. The largest absolute Gasteiger partial charge is 0.319 e. The van der Waals surface area contributed by atoms with Crippen molar-refractivity contribution < 1.29 is 0 Å². The summed E-state index contributed by atoms with van der Waals surface area (Å²) >= 11 is 0. The molecule has 1 aromatic rings. The summed E-state index contributed by atoms with van der Waals surface area (Å²) in [6, 6.07) is 4.49. The van der Waals surface area contributed by atoms with Gasteiger partial charge in [-0.1, -0.05) is 26.0 Å². The van der Waals surface area contributed by atoms with Crippen LogP contribution in [0.4, 0.5) is 0 Å². The monoisotopic (exact) mass is 262 g/mol. The van der Waals surface area contributed by atoms with Crippen LogP contribution in [0.2, 0.25) is 0 Å². The fourth-order valence-corrected chi connectivity index (χ4v) is 2.40. The van der Waals surface area contributed by atoms with Crippen molar-refractivity contribution >= 4 is 0 Å². The molecule has 0 heterocycles. The predicted octanol–water partition coefficient (Wildman–Crippen LogP) is 3.19. The minimum Gasteiger partial charge on any atom is -0.319 e. The van der Waals surface area contributed by atoms with Crippen LogP contribution in [0.25, 0.3) is 0 Å². The molecular weight excluding hydrogens is 232 g/mol. The van der Waals surface area contributed by atoms with Crippen molar-refractivity contribution in [2.45, 2.75) is 41.2 Å². The molecule has 1 unspecified atom stereocenters. The van der Waals surface area contributed by atoms with E-state index in [2.05, 4.69) is 57.4 Å². The second kappa shape index (κ2) is 7.66. The van der Waals surface area contributed by atoms with E-state index in [4.69, 9.17) is 0 Å². The second-order valence-corrected chi connectivity index (χ2v) is 5.98. The number of aryl methyl sites for hydroxylation is 1. The van der Waals surface area contributed by atoms with Gasteiger partial charge in [-0.3, -0.25) is 0 Å². The minimum atomic E-state index is 0.692. The Bertz CT molecular complexity index is 396. The molecule has 0 fully saturated rings. The van der Waals surface area contributed by atoms with E-state index < -0.39 is 0 Å². The lowest BCUT2D eigenvalue weighted by atomic mass is 9.95. The van der Waals surface area contributed by atoms with E-state index in [0.717, 1.165) is 19.6 Å². The summed E-state index contributed by atoms with van der Waals surface area (Å²) in [7, 11) is 2.03. The number of nitrogens with one attached hydrogen (secondary N) is 2. The Hall–Kier alpha value is -0.860. The number of hydrogen-bond donors (Lipinski definition) is 2. The molecule has 2 N–H and O–H groups in total. The lowest BCUT2D eigenvalue weighted by Crippen LogP contribution is -2.33. The highest BCUT2D eigenvalue weighted by Crippen LogP contribution is 2.17. The molecular formula is C17H30N2. The van der Waals surface area contributed by atoms with Crippen molar-refractivity contribution in [1.82, 2.24) is 10.6 Å². The van der Waals surface area contributed by atoms with E-state index in [1.54, 1.807) is 0 Å². The molecule has 0 radical (unpaired) electrons. The zero-order chi connectivity index (χ0) is 14.4. The zero-order valence-electron chi connectivity index (χ0n) is 13.4. The van der Waals surface area contributed by atoms with E-state index in [9.17, 15) is 0 Å². The van der Waals surface area contributed by atoms with Crippen molar-refractivity contribution in [3.05, 3.63) is 34.4 Å². The first-order valence-electron chi connectivity index (χ1n) is 7.38. The van der Waals surface area contributed by atoms with Gasteiger partial charge in [-0.05, 0) is 75.0 Å². The van der Waals surface area contributed by atoms with Gasteiger partial charge < -0.3 is 10.6 Å². The van der Waals surface area contributed by atoms with E-state index in [-0.39, 0.29) is 0 Å². The van der Waals surface area contributed by atoms with E-state index in [1.807, 2.05) is 7.05 Å². The summed E-state index contributed by atoms with van der Waals surface area (Å²) in [4.78, 5) is 0. The third kappa shape index (κ3) is 4.63. The van der Waals surface area contributed by atoms with Crippen molar-refractivity contribution in [3.8, 4) is 0 Å². The van der Waals surface area contributed by atoms with Crippen LogP contribution in [0.1, 0.15) is 36.1 Å². The van der Waals surface area contributed by atoms with Crippen LogP contribution < -0.4 is 10.6 Å². The average molecular weight is 262 g/mol. The van der Waals surface area contributed by atoms with Crippen LogP contribution in [0.15, 0.2) is 12.1 Å². The van der Waals surface area contributed by atoms with Gasteiger partial charge in [0.25, 0.3) is 0 Å². The summed E-state index contributed by atoms with van der Waals surface area (Å²) in [6.45, 7) is 14.3. The molecule has 0 saturated carbocycles. The highest BCUT2D eigenvalue weighted by atomic mass is 14.9. The molecule has 0 aromatic heterocycles. The van der Waals surface area contributed by atoms with Gasteiger partial charge in [-0.25, -0.2) is 0 Å². The highest BCUT2D eigenvalue weighted by Gasteiger charge is 2.12. The maximum atomic E-state index is 3.62. The Morgan fingerprint density at radius 3 is 2.26 bits per heavy atom. The van der Waals surface area contributed by atoms with Crippen molar-refractivity contribution in [3.63, 3.8) is 0 Å². The van der Waals surface area contributed by atoms with Crippen molar-refractivity contribution in [2.75, 3.05) is 20.1 Å². The maximum Gasteiger partial charge on any atom is 0.0208 e. The molecule has 0 spiro atoms. The van der Waals surface area contributed by atoms with Gasteiger partial charge in [0.05, 0.1) is 0 Å². The van der Waals surface area contributed by atoms with Crippen LogP contribution in [-0.2, 0) is 6.54 Å². The molecule has 2 nitrogen and oxygen atoms in total. The van der Waals surface area contributed by atoms with Crippen molar-refractivity contribution in [2.24, 2.45) is 11.8 Å². The lowest BCUT2D eigenvalue weighted by Gasteiger charge is -2.21. The molecule has 0 aliphatic heterocycles. The Labute approximate surface area is 119 Å². The van der Waals surface area contributed by atoms with Crippen LogP contribution in [-0.4, -0.2) is 20.1 Å². The fraction of sp³-hybridized carbons (Fsp3) is 0.647. The molecule has 1 rings (SSSR count). The van der Waals surface area contributed by atoms with Gasteiger partial charge in [0.2, 0.25) is 0 Å². The van der Waals surface area contributed by atoms with E-state index in [1.165, 1.54) is 22.3 Å². The number of hydrogen-bond acceptors (Lipinski definition) is 2. The van der Waals surface area contributed by atoms with Crippen LogP contribution >= 0.6 is 0 Å². The topological polar surface area (TPSA) is 24.1 Å². The third-order valence-electron chi connectivity index (χ3n) is 4.30. The Morgan fingerprint density at radius 1 is 1.00 bits per heavy atom. The molecule has 108 valence electrons. The maximum absolute atomic E-state index is 3.62. The van der Waals surface area contributed by atoms with E-state index >= 15 is 0 Å². The SMILES string of the molecule is CNCC(CNCc1ccc(C)c(C)c1C)C(C)C. The predicted molar refractivity (Wildman–Crippen MR) is 84.6 cm³/mol. The Balaban J connectivity index is 2.55. The first-order chi connectivity index (χ1) is 8.97. The standard InChI is InChI=1S/C17H30N2/c1-12(2)17(9-18-6)11-19-10-16-8-7-13(3)14(4)15(16)5/h7-8,12,17-19H,9-11H2,1-6H3.